The molecule has 0 bridgehead atoms. The van der Waals surface area contributed by atoms with Crippen LogP contribution < -0.4 is 4.90 Å². The van der Waals surface area contributed by atoms with Crippen LogP contribution in [-0.4, -0.2) is 4.57 Å². The van der Waals surface area contributed by atoms with Crippen LogP contribution in [0.4, 0.5) is 17.1 Å². The first-order valence-electron chi connectivity index (χ1n) is 21.6. The monoisotopic (exact) mass is 802 g/mol. The normalized spacial score (nSPS) is 11.8. The summed E-state index contributed by atoms with van der Waals surface area (Å²) in [7, 11) is 0. The topological polar surface area (TPSA) is 21.3 Å². The van der Waals surface area contributed by atoms with Crippen molar-refractivity contribution in [3.05, 3.63) is 231 Å². The predicted molar refractivity (Wildman–Crippen MR) is 266 cm³/mol. The lowest BCUT2D eigenvalue weighted by Gasteiger charge is -2.27. The molecule has 0 amide bonds. The van der Waals surface area contributed by atoms with Gasteiger partial charge >= 0.3 is 0 Å². The molecule has 3 heteroatoms. The number of anilines is 3. The van der Waals surface area contributed by atoms with Gasteiger partial charge in [0.1, 0.15) is 5.58 Å². The van der Waals surface area contributed by atoms with Crippen molar-refractivity contribution in [3.63, 3.8) is 0 Å². The van der Waals surface area contributed by atoms with E-state index in [1.54, 1.807) is 0 Å². The van der Waals surface area contributed by atoms with Gasteiger partial charge in [0.05, 0.1) is 22.4 Å². The molecular formula is C60H38N2O. The van der Waals surface area contributed by atoms with Gasteiger partial charge in [0.25, 0.3) is 0 Å². The van der Waals surface area contributed by atoms with Crippen LogP contribution in [0, 0.1) is 0 Å². The van der Waals surface area contributed by atoms with E-state index in [4.69, 9.17) is 4.42 Å². The molecule has 0 N–H and O–H groups in total. The van der Waals surface area contributed by atoms with Gasteiger partial charge in [0.2, 0.25) is 0 Å². The molecule has 0 fully saturated rings. The number of furan rings is 1. The SMILES string of the molecule is c1ccc(-c2ccc(-n3c4cccc(N(c5ccc(-c6cccc7ccccc67)cc5)c5cccc6c5oc5ccc7ccccc7c56)c4c4ccc5ccccc5c43)cc2)cc1. The van der Waals surface area contributed by atoms with Crippen LogP contribution in [0.3, 0.4) is 0 Å². The average Bonchev–Trinajstić information content (AvgIpc) is 3.92. The van der Waals surface area contributed by atoms with Gasteiger partial charge in [-0.3, -0.25) is 0 Å². The third kappa shape index (κ3) is 5.53. The van der Waals surface area contributed by atoms with Gasteiger partial charge in [0.15, 0.2) is 5.58 Å². The third-order valence-corrected chi connectivity index (χ3v) is 13.0. The summed E-state index contributed by atoms with van der Waals surface area (Å²) < 4.78 is 9.45. The Kier molecular flexibility index (Phi) is 7.91. The summed E-state index contributed by atoms with van der Waals surface area (Å²) >= 11 is 0. The first-order valence-corrected chi connectivity index (χ1v) is 21.6. The zero-order valence-corrected chi connectivity index (χ0v) is 34.2. The molecule has 13 aromatic rings. The van der Waals surface area contributed by atoms with Crippen LogP contribution >= 0.6 is 0 Å². The quantitative estimate of drug-likeness (QED) is 0.167. The summed E-state index contributed by atoms with van der Waals surface area (Å²) in [6, 6.07) is 83.4. The van der Waals surface area contributed by atoms with E-state index in [9.17, 15) is 0 Å². The van der Waals surface area contributed by atoms with E-state index in [1.165, 1.54) is 70.9 Å². The van der Waals surface area contributed by atoms with Crippen LogP contribution in [-0.2, 0) is 0 Å². The molecule has 2 aromatic heterocycles. The highest BCUT2D eigenvalue weighted by Crippen LogP contribution is 2.49. The second-order valence-electron chi connectivity index (χ2n) is 16.4. The smallest absolute Gasteiger partial charge is 0.159 e. The molecule has 0 radical (unpaired) electrons. The summed E-state index contributed by atoms with van der Waals surface area (Å²) in [4.78, 5) is 2.42. The molecule has 0 aliphatic carbocycles. The van der Waals surface area contributed by atoms with Gasteiger partial charge < -0.3 is 13.9 Å². The highest BCUT2D eigenvalue weighted by molar-refractivity contribution is 6.25. The Labute approximate surface area is 363 Å². The summed E-state index contributed by atoms with van der Waals surface area (Å²) in [5.74, 6) is 0. The molecule has 0 unspecified atom stereocenters. The summed E-state index contributed by atoms with van der Waals surface area (Å²) in [5.41, 5.74) is 13.0. The van der Waals surface area contributed by atoms with Gasteiger partial charge in [-0.2, -0.15) is 0 Å². The van der Waals surface area contributed by atoms with Gasteiger partial charge in [0, 0.05) is 38.3 Å². The Hall–Kier alpha value is -8.40. The lowest BCUT2D eigenvalue weighted by Crippen LogP contribution is -2.10. The van der Waals surface area contributed by atoms with Gasteiger partial charge in [-0.15, -0.1) is 0 Å². The highest BCUT2D eigenvalue weighted by Gasteiger charge is 2.25. The molecule has 0 aliphatic heterocycles. The first kappa shape index (κ1) is 35.4. The molecule has 13 rings (SSSR count). The maximum atomic E-state index is 6.99. The van der Waals surface area contributed by atoms with Crippen molar-refractivity contribution in [2.24, 2.45) is 0 Å². The number of rotatable bonds is 6. The summed E-state index contributed by atoms with van der Waals surface area (Å²) in [5, 5.41) is 11.9. The van der Waals surface area contributed by atoms with Gasteiger partial charge in [-0.25, -0.2) is 0 Å². The molecule has 294 valence electrons. The van der Waals surface area contributed by atoms with Crippen molar-refractivity contribution in [2.45, 2.75) is 0 Å². The molecule has 0 saturated heterocycles. The lowest BCUT2D eigenvalue weighted by molar-refractivity contribution is 0.669. The standard InChI is InChI=1S/C60H38N2O/c1-2-13-39(14-3-1)40-27-33-46(34-28-40)62-54-25-12-24-53(58(54)51-37-31-43-17-6-9-21-50(43)59(51)62)61(45-35-29-44(30-36-45)48-22-10-18-41-15-4-7-19-47(41)48)55-26-11-23-52-57-49-20-8-5-16-42(49)32-38-56(57)63-60(52)55/h1-38H. The minimum absolute atomic E-state index is 0.852. The van der Waals surface area contributed by atoms with E-state index in [0.717, 1.165) is 50.2 Å². The van der Waals surface area contributed by atoms with Crippen molar-refractivity contribution < 1.29 is 4.42 Å². The van der Waals surface area contributed by atoms with Crippen molar-refractivity contribution in [1.29, 1.82) is 0 Å². The molecule has 3 nitrogen and oxygen atoms in total. The van der Waals surface area contributed by atoms with E-state index in [-0.39, 0.29) is 0 Å². The summed E-state index contributed by atoms with van der Waals surface area (Å²) in [6.45, 7) is 0. The molecule has 0 saturated carbocycles. The zero-order chi connectivity index (χ0) is 41.4. The fourth-order valence-electron chi connectivity index (χ4n) is 10.1. The number of aromatic nitrogens is 1. The Morgan fingerprint density at radius 1 is 0.349 bits per heavy atom. The Morgan fingerprint density at radius 2 is 0.937 bits per heavy atom. The molecule has 0 spiro atoms. The minimum atomic E-state index is 0.852. The Morgan fingerprint density at radius 3 is 1.75 bits per heavy atom. The lowest BCUT2D eigenvalue weighted by atomic mass is 9.98. The largest absolute Gasteiger partial charge is 0.454 e. The van der Waals surface area contributed by atoms with Crippen molar-refractivity contribution in [2.75, 3.05) is 4.90 Å². The number of fused-ring (bicyclic) bond motifs is 11. The zero-order valence-electron chi connectivity index (χ0n) is 34.2. The third-order valence-electron chi connectivity index (χ3n) is 13.0. The van der Waals surface area contributed by atoms with Gasteiger partial charge in [-0.05, 0) is 97.7 Å². The van der Waals surface area contributed by atoms with Crippen molar-refractivity contribution in [1.82, 2.24) is 4.57 Å². The number of nitrogens with zero attached hydrogens (tertiary/aromatic N) is 2. The maximum Gasteiger partial charge on any atom is 0.159 e. The second kappa shape index (κ2) is 14.1. The molecule has 11 aromatic carbocycles. The van der Waals surface area contributed by atoms with Crippen LogP contribution in [0.1, 0.15) is 0 Å². The van der Waals surface area contributed by atoms with E-state index in [1.807, 2.05) is 0 Å². The molecule has 2 heterocycles. The fourth-order valence-corrected chi connectivity index (χ4v) is 10.1. The Balaban J connectivity index is 1.09. The average molecular weight is 803 g/mol. The van der Waals surface area contributed by atoms with Gasteiger partial charge in [-0.1, -0.05) is 182 Å². The van der Waals surface area contributed by atoms with E-state index in [0.29, 0.717) is 0 Å². The summed E-state index contributed by atoms with van der Waals surface area (Å²) in [6.07, 6.45) is 0. The predicted octanol–water partition coefficient (Wildman–Crippen LogP) is 16.9. The van der Waals surface area contributed by atoms with Crippen molar-refractivity contribution in [3.8, 4) is 27.9 Å². The minimum Gasteiger partial charge on any atom is -0.454 e. The fraction of sp³-hybridized carbons (Fsp3) is 0. The van der Waals surface area contributed by atoms with Crippen LogP contribution in [0.5, 0.6) is 0 Å². The second-order valence-corrected chi connectivity index (χ2v) is 16.4. The van der Waals surface area contributed by atoms with E-state index in [2.05, 4.69) is 240 Å². The number of benzene rings is 11. The maximum absolute atomic E-state index is 6.99. The van der Waals surface area contributed by atoms with Crippen molar-refractivity contribution >= 4 is 93.1 Å². The van der Waals surface area contributed by atoms with Crippen LogP contribution in [0.2, 0.25) is 0 Å². The molecule has 63 heavy (non-hydrogen) atoms. The van der Waals surface area contributed by atoms with E-state index >= 15 is 0 Å². The molecular weight excluding hydrogens is 765 g/mol. The number of para-hydroxylation sites is 1. The number of hydrogen-bond donors (Lipinski definition) is 0. The first-order chi connectivity index (χ1) is 31.3. The molecule has 0 aliphatic rings. The molecule has 0 atom stereocenters. The van der Waals surface area contributed by atoms with Crippen LogP contribution in [0.25, 0.3) is 104 Å². The van der Waals surface area contributed by atoms with Crippen LogP contribution in [0.15, 0.2) is 235 Å². The number of hydrogen-bond acceptors (Lipinski definition) is 2. The Bertz CT molecular complexity index is 3890. The van der Waals surface area contributed by atoms with E-state index < -0.39 is 0 Å². The highest BCUT2D eigenvalue weighted by atomic mass is 16.3.